The van der Waals surface area contributed by atoms with Crippen LogP contribution in [0.15, 0.2) is 29.2 Å². The average molecular weight is 408 g/mol. The number of primary sulfonamides is 1. The molecule has 4 rings (SSSR count). The molecule has 1 aromatic rings. The molecule has 0 aromatic heterocycles. The number of cyclic esters (lactones) is 1. The van der Waals surface area contributed by atoms with Crippen molar-refractivity contribution in [2.75, 3.05) is 32.8 Å². The monoisotopic (exact) mass is 408 g/mol. The molecular weight excluding hydrogens is 384 g/mol. The van der Waals surface area contributed by atoms with Gasteiger partial charge in [0.1, 0.15) is 6.61 Å². The molecule has 3 heterocycles. The first-order valence-electron chi connectivity index (χ1n) is 9.28. The van der Waals surface area contributed by atoms with E-state index < -0.39 is 16.1 Å². The predicted octanol–water partition coefficient (Wildman–Crippen LogP) is -0.133. The quantitative estimate of drug-likeness (QED) is 0.676. The first kappa shape index (κ1) is 19.2. The molecule has 1 spiro atoms. The molecule has 10 heteroatoms. The Bertz CT molecular complexity index is 889. The molecule has 0 saturated carbocycles. The minimum atomic E-state index is -3.74. The average Bonchev–Trinajstić information content (AvgIpc) is 2.98. The molecule has 152 valence electrons. The highest BCUT2D eigenvalue weighted by Crippen LogP contribution is 2.40. The Labute approximate surface area is 163 Å². The van der Waals surface area contributed by atoms with Gasteiger partial charge >= 0.3 is 6.09 Å². The Morgan fingerprint density at radius 3 is 2.61 bits per heavy atom. The Hall–Kier alpha value is -2.17. The molecule has 3 saturated heterocycles. The molecule has 1 aromatic carbocycles. The number of sulfonamides is 1. The first-order valence-corrected chi connectivity index (χ1v) is 10.8. The van der Waals surface area contributed by atoms with Crippen molar-refractivity contribution in [3.63, 3.8) is 0 Å². The largest absolute Gasteiger partial charge is 0.447 e. The number of hydrogen-bond acceptors (Lipinski definition) is 6. The summed E-state index contributed by atoms with van der Waals surface area (Å²) >= 11 is 0. The van der Waals surface area contributed by atoms with Crippen LogP contribution in [0.5, 0.6) is 0 Å². The Morgan fingerprint density at radius 2 is 1.96 bits per heavy atom. The van der Waals surface area contributed by atoms with Crippen LogP contribution < -0.4 is 10.5 Å². The van der Waals surface area contributed by atoms with Gasteiger partial charge in [0.2, 0.25) is 15.9 Å². The number of carbonyl (C=O) groups is 2. The van der Waals surface area contributed by atoms with Crippen LogP contribution in [0.2, 0.25) is 0 Å². The highest BCUT2D eigenvalue weighted by atomic mass is 32.2. The van der Waals surface area contributed by atoms with E-state index >= 15 is 0 Å². The molecule has 0 bridgehead atoms. The summed E-state index contributed by atoms with van der Waals surface area (Å²) in [5, 5.41) is 7.97. The maximum Gasteiger partial charge on any atom is 0.407 e. The highest BCUT2D eigenvalue weighted by Gasteiger charge is 2.52. The lowest BCUT2D eigenvalue weighted by molar-refractivity contribution is -0.160. The third kappa shape index (κ3) is 3.85. The van der Waals surface area contributed by atoms with E-state index in [9.17, 15) is 18.0 Å². The number of amides is 2. The molecule has 28 heavy (non-hydrogen) atoms. The zero-order chi connectivity index (χ0) is 19.9. The normalized spacial score (nSPS) is 23.7. The maximum absolute atomic E-state index is 12.3. The van der Waals surface area contributed by atoms with Crippen LogP contribution in [0, 0.1) is 5.41 Å². The van der Waals surface area contributed by atoms with Crippen LogP contribution in [0.4, 0.5) is 4.79 Å². The third-order valence-electron chi connectivity index (χ3n) is 5.64. The van der Waals surface area contributed by atoms with E-state index in [2.05, 4.69) is 10.2 Å². The number of carbonyl (C=O) groups excluding carboxylic acids is 2. The number of nitrogens with zero attached hydrogens (tertiary/aromatic N) is 2. The van der Waals surface area contributed by atoms with Crippen molar-refractivity contribution in [3.05, 3.63) is 29.8 Å². The van der Waals surface area contributed by atoms with E-state index in [0.717, 1.165) is 26.2 Å². The van der Waals surface area contributed by atoms with Gasteiger partial charge in [-0.2, -0.15) is 0 Å². The number of nitrogens with one attached hydrogen (secondary N) is 1. The topological polar surface area (TPSA) is 122 Å². The molecule has 3 fully saturated rings. The van der Waals surface area contributed by atoms with E-state index in [1.807, 2.05) is 4.90 Å². The fraction of sp³-hybridized carbons (Fsp3) is 0.556. The Balaban J connectivity index is 1.23. The van der Waals surface area contributed by atoms with Crippen molar-refractivity contribution >= 4 is 22.0 Å². The second-order valence-corrected chi connectivity index (χ2v) is 9.56. The van der Waals surface area contributed by atoms with Gasteiger partial charge in [-0.1, -0.05) is 18.2 Å². The number of likely N-dealkylation sites (tertiary alicyclic amines) is 2. The standard InChI is InChI=1S/C18H24N4O5S/c19-28(25,26)15-4-2-1-3-13(15)7-21-9-18(10-21)11-22(12-18)16(23)6-5-14-8-27-17(24)20-14/h1-4,14H,5-12H2,(H,20,24)(H2,19,25,26)/t14-/m1/s1. The predicted molar refractivity (Wildman–Crippen MR) is 99.6 cm³/mol. The van der Waals surface area contributed by atoms with Crippen molar-refractivity contribution in [2.24, 2.45) is 10.6 Å². The zero-order valence-corrected chi connectivity index (χ0v) is 16.3. The van der Waals surface area contributed by atoms with Gasteiger partial charge in [0.25, 0.3) is 0 Å². The lowest BCUT2D eigenvalue weighted by Crippen LogP contribution is -2.72. The van der Waals surface area contributed by atoms with Gasteiger partial charge in [-0.05, 0) is 18.1 Å². The summed E-state index contributed by atoms with van der Waals surface area (Å²) in [6.07, 6.45) is 0.569. The second-order valence-electron chi connectivity index (χ2n) is 8.03. The SMILES string of the molecule is NS(=O)(=O)c1ccccc1CN1CC2(C1)CN(C(=O)CC[C@@H]1COC(=O)N1)C2. The number of hydrogen-bond donors (Lipinski definition) is 2. The smallest absolute Gasteiger partial charge is 0.407 e. The molecular formula is C18H24N4O5S. The second kappa shape index (κ2) is 7.02. The first-order chi connectivity index (χ1) is 13.2. The van der Waals surface area contributed by atoms with Crippen LogP contribution in [0.3, 0.4) is 0 Å². The molecule has 0 radical (unpaired) electrons. The van der Waals surface area contributed by atoms with Gasteiger partial charge < -0.3 is 15.0 Å². The molecule has 3 aliphatic heterocycles. The fourth-order valence-corrected chi connectivity index (χ4v) is 5.11. The van der Waals surface area contributed by atoms with Crippen molar-refractivity contribution in [1.29, 1.82) is 0 Å². The van der Waals surface area contributed by atoms with Gasteiger partial charge in [-0.25, -0.2) is 18.4 Å². The van der Waals surface area contributed by atoms with Crippen molar-refractivity contribution in [2.45, 2.75) is 30.3 Å². The van der Waals surface area contributed by atoms with E-state index in [1.165, 1.54) is 6.07 Å². The summed E-state index contributed by atoms with van der Waals surface area (Å²) in [5.41, 5.74) is 0.824. The third-order valence-corrected chi connectivity index (χ3v) is 6.65. The van der Waals surface area contributed by atoms with Gasteiger partial charge in [-0.3, -0.25) is 9.69 Å². The van der Waals surface area contributed by atoms with Crippen LogP contribution in [0.25, 0.3) is 0 Å². The molecule has 3 N–H and O–H groups in total. The number of alkyl carbamates (subject to hydrolysis) is 1. The van der Waals surface area contributed by atoms with E-state index in [4.69, 9.17) is 9.88 Å². The molecule has 3 aliphatic rings. The Morgan fingerprint density at radius 1 is 1.25 bits per heavy atom. The van der Waals surface area contributed by atoms with Crippen LogP contribution in [-0.2, 0) is 26.1 Å². The maximum atomic E-state index is 12.3. The zero-order valence-electron chi connectivity index (χ0n) is 15.5. The van der Waals surface area contributed by atoms with Gasteiger partial charge in [0, 0.05) is 44.6 Å². The molecule has 1 atom stereocenters. The number of ether oxygens (including phenoxy) is 1. The minimum Gasteiger partial charge on any atom is -0.447 e. The Kier molecular flexibility index (Phi) is 4.80. The van der Waals surface area contributed by atoms with Crippen LogP contribution in [-0.4, -0.2) is 69.0 Å². The summed E-state index contributed by atoms with van der Waals surface area (Å²) in [6.45, 7) is 3.98. The summed E-state index contributed by atoms with van der Waals surface area (Å²) in [4.78, 5) is 27.5. The fourth-order valence-electron chi connectivity index (χ4n) is 4.34. The molecule has 0 unspecified atom stereocenters. The van der Waals surface area contributed by atoms with Crippen molar-refractivity contribution in [3.8, 4) is 0 Å². The van der Waals surface area contributed by atoms with E-state index in [-0.39, 0.29) is 22.3 Å². The highest BCUT2D eigenvalue weighted by molar-refractivity contribution is 7.89. The number of benzene rings is 1. The summed E-state index contributed by atoms with van der Waals surface area (Å²) < 4.78 is 28.2. The summed E-state index contributed by atoms with van der Waals surface area (Å²) in [5.74, 6) is 0.102. The number of rotatable bonds is 6. The van der Waals surface area contributed by atoms with Crippen LogP contribution >= 0.6 is 0 Å². The van der Waals surface area contributed by atoms with E-state index in [0.29, 0.717) is 31.6 Å². The summed E-state index contributed by atoms with van der Waals surface area (Å²) in [7, 11) is -3.74. The van der Waals surface area contributed by atoms with Crippen molar-refractivity contribution in [1.82, 2.24) is 15.1 Å². The molecule has 2 amide bonds. The lowest BCUT2D eigenvalue weighted by Gasteiger charge is -2.60. The van der Waals surface area contributed by atoms with Crippen molar-refractivity contribution < 1.29 is 22.7 Å². The number of nitrogens with two attached hydrogens (primary N) is 1. The minimum absolute atomic E-state index is 0.0789. The lowest BCUT2D eigenvalue weighted by atomic mass is 9.72. The van der Waals surface area contributed by atoms with Gasteiger partial charge in [-0.15, -0.1) is 0 Å². The van der Waals surface area contributed by atoms with E-state index in [1.54, 1.807) is 18.2 Å². The van der Waals surface area contributed by atoms with Gasteiger partial charge in [0.15, 0.2) is 0 Å². The van der Waals surface area contributed by atoms with Crippen LogP contribution in [0.1, 0.15) is 18.4 Å². The molecule has 0 aliphatic carbocycles. The van der Waals surface area contributed by atoms with Gasteiger partial charge in [0.05, 0.1) is 10.9 Å². The summed E-state index contributed by atoms with van der Waals surface area (Å²) in [6, 6.07) is 6.71. The molecule has 9 nitrogen and oxygen atoms in total.